The molecule has 1 aromatic heterocycles. The molecular weight excluding hydrogens is 491 g/mol. The molecule has 0 spiro atoms. The first-order valence-corrected chi connectivity index (χ1v) is 12.5. The maximum absolute atomic E-state index is 14.0. The number of rotatable bonds is 7. The predicted octanol–water partition coefficient (Wildman–Crippen LogP) is 6.98. The molecule has 1 aliphatic rings. The summed E-state index contributed by atoms with van der Waals surface area (Å²) in [5.74, 6) is -1.11. The number of pyridine rings is 1. The van der Waals surface area contributed by atoms with Crippen LogP contribution in [0, 0.1) is 5.82 Å². The minimum absolute atomic E-state index is 0.00672. The smallest absolute Gasteiger partial charge is 0.265 e. The van der Waals surface area contributed by atoms with Crippen molar-refractivity contribution in [1.29, 1.82) is 0 Å². The molecule has 190 valence electrons. The summed E-state index contributed by atoms with van der Waals surface area (Å²) in [6.07, 6.45) is 2.64. The van der Waals surface area contributed by atoms with Crippen molar-refractivity contribution >= 4 is 28.8 Å². The largest absolute Gasteiger partial charge is 0.478 e. The molecule has 0 fully saturated rings. The van der Waals surface area contributed by atoms with Gasteiger partial charge in [-0.1, -0.05) is 91.5 Å². The minimum Gasteiger partial charge on any atom is -0.478 e. The number of benzene rings is 4. The maximum Gasteiger partial charge on any atom is 0.265 e. The Labute approximate surface area is 224 Å². The van der Waals surface area contributed by atoms with Gasteiger partial charge in [0.2, 0.25) is 0 Å². The van der Waals surface area contributed by atoms with Crippen LogP contribution in [0.4, 0.5) is 4.39 Å². The number of halogens is 1. The van der Waals surface area contributed by atoms with Gasteiger partial charge in [-0.25, -0.2) is 4.39 Å². The zero-order valence-corrected chi connectivity index (χ0v) is 20.9. The number of aromatic nitrogens is 1. The maximum atomic E-state index is 14.0. The van der Waals surface area contributed by atoms with Crippen LogP contribution in [-0.4, -0.2) is 21.7 Å². The van der Waals surface area contributed by atoms with E-state index in [4.69, 9.17) is 4.74 Å². The molecule has 6 rings (SSSR count). The summed E-state index contributed by atoms with van der Waals surface area (Å²) >= 11 is 0. The fourth-order valence-electron chi connectivity index (χ4n) is 5.04. The standard InChI is InChI=1S/C33H23FN2O3/c1-2-25-26-14-9-19-35-29(26)31(39-30(22-10-5-3-6-11-22)23-12-7-4-8-13-23)28-27(25)32(37)36(33(28)38)20-21-15-17-24(34)18-16-21/h2-19,30H,1,20H2. The molecule has 0 bridgehead atoms. The molecule has 5 aromatic rings. The quantitative estimate of drug-likeness (QED) is 0.220. The van der Waals surface area contributed by atoms with E-state index in [0.717, 1.165) is 16.0 Å². The van der Waals surface area contributed by atoms with E-state index < -0.39 is 23.7 Å². The molecule has 0 atom stereocenters. The van der Waals surface area contributed by atoms with Crippen LogP contribution in [0.1, 0.15) is 49.1 Å². The number of fused-ring (bicyclic) bond motifs is 2. The van der Waals surface area contributed by atoms with Gasteiger partial charge in [0.05, 0.1) is 17.7 Å². The van der Waals surface area contributed by atoms with Gasteiger partial charge in [0.25, 0.3) is 11.8 Å². The summed E-state index contributed by atoms with van der Waals surface area (Å²) in [7, 11) is 0. The fraction of sp³-hybridized carbons (Fsp3) is 0.0606. The molecule has 0 saturated heterocycles. The van der Waals surface area contributed by atoms with Crippen LogP contribution < -0.4 is 4.74 Å². The lowest BCUT2D eigenvalue weighted by atomic mass is 9.95. The molecule has 39 heavy (non-hydrogen) atoms. The lowest BCUT2D eigenvalue weighted by Gasteiger charge is -2.23. The molecule has 0 saturated carbocycles. The molecule has 0 aliphatic carbocycles. The summed E-state index contributed by atoms with van der Waals surface area (Å²) in [5, 5.41) is 0.658. The first kappa shape index (κ1) is 24.2. The van der Waals surface area contributed by atoms with Crippen LogP contribution in [0.3, 0.4) is 0 Å². The summed E-state index contributed by atoms with van der Waals surface area (Å²) in [6, 6.07) is 28.7. The Morgan fingerprint density at radius 3 is 2.05 bits per heavy atom. The van der Waals surface area contributed by atoms with Crippen LogP contribution in [0.15, 0.2) is 110 Å². The molecule has 5 nitrogen and oxygen atoms in total. The van der Waals surface area contributed by atoms with Gasteiger partial charge in [-0.05, 0) is 40.5 Å². The second-order valence-electron chi connectivity index (χ2n) is 9.24. The highest BCUT2D eigenvalue weighted by Crippen LogP contribution is 2.43. The molecule has 4 aromatic carbocycles. The van der Waals surface area contributed by atoms with Crippen molar-refractivity contribution < 1.29 is 18.7 Å². The number of imide groups is 1. The predicted molar refractivity (Wildman–Crippen MR) is 148 cm³/mol. The number of carbonyl (C=O) groups is 2. The zero-order chi connectivity index (χ0) is 26.9. The Morgan fingerprint density at radius 2 is 1.44 bits per heavy atom. The second kappa shape index (κ2) is 9.99. The number of amides is 2. The summed E-state index contributed by atoms with van der Waals surface area (Å²) in [5.41, 5.74) is 3.77. The van der Waals surface area contributed by atoms with Crippen molar-refractivity contribution in [3.05, 3.63) is 149 Å². The van der Waals surface area contributed by atoms with Crippen molar-refractivity contribution in [1.82, 2.24) is 9.88 Å². The Morgan fingerprint density at radius 1 is 0.821 bits per heavy atom. The van der Waals surface area contributed by atoms with Crippen LogP contribution in [0.25, 0.3) is 17.0 Å². The number of ether oxygens (including phenoxy) is 1. The number of hydrogen-bond donors (Lipinski definition) is 0. The summed E-state index contributed by atoms with van der Waals surface area (Å²) < 4.78 is 20.2. The highest BCUT2D eigenvalue weighted by Gasteiger charge is 2.42. The van der Waals surface area contributed by atoms with E-state index in [0.29, 0.717) is 22.0 Å². The molecule has 2 heterocycles. The third-order valence-corrected chi connectivity index (χ3v) is 6.88. The molecule has 1 aliphatic heterocycles. The Bertz CT molecular complexity index is 1680. The highest BCUT2D eigenvalue weighted by molar-refractivity contribution is 6.27. The number of nitrogens with zero attached hydrogens (tertiary/aromatic N) is 2. The van der Waals surface area contributed by atoms with Gasteiger partial charge < -0.3 is 4.74 Å². The van der Waals surface area contributed by atoms with Gasteiger partial charge in [0, 0.05) is 11.6 Å². The monoisotopic (exact) mass is 514 g/mol. The summed E-state index contributed by atoms with van der Waals surface area (Å²) in [4.78, 5) is 33.5. The Hall–Kier alpha value is -5.10. The van der Waals surface area contributed by atoms with Crippen molar-refractivity contribution in [3.63, 3.8) is 0 Å². The van der Waals surface area contributed by atoms with Crippen molar-refractivity contribution in [2.24, 2.45) is 0 Å². The number of hydrogen-bond acceptors (Lipinski definition) is 4. The van der Waals surface area contributed by atoms with Gasteiger partial charge in [0.15, 0.2) is 5.75 Å². The summed E-state index contributed by atoms with van der Waals surface area (Å²) in [6.45, 7) is 3.92. The topological polar surface area (TPSA) is 59.5 Å². The normalized spacial score (nSPS) is 12.7. The lowest BCUT2D eigenvalue weighted by molar-refractivity contribution is 0.0640. The van der Waals surface area contributed by atoms with Crippen LogP contribution in [0.5, 0.6) is 5.75 Å². The first-order chi connectivity index (χ1) is 19.1. The van der Waals surface area contributed by atoms with E-state index in [1.807, 2.05) is 66.7 Å². The minimum atomic E-state index is -0.565. The van der Waals surface area contributed by atoms with E-state index in [2.05, 4.69) is 11.6 Å². The van der Waals surface area contributed by atoms with Crippen molar-refractivity contribution in [2.75, 3.05) is 0 Å². The average molecular weight is 515 g/mol. The average Bonchev–Trinajstić information content (AvgIpc) is 3.22. The Balaban J connectivity index is 1.55. The van der Waals surface area contributed by atoms with Crippen LogP contribution >= 0.6 is 0 Å². The zero-order valence-electron chi connectivity index (χ0n) is 20.9. The van der Waals surface area contributed by atoms with E-state index in [1.54, 1.807) is 30.5 Å². The van der Waals surface area contributed by atoms with E-state index in [-0.39, 0.29) is 23.4 Å². The second-order valence-corrected chi connectivity index (χ2v) is 9.24. The molecule has 0 unspecified atom stereocenters. The van der Waals surface area contributed by atoms with Gasteiger partial charge >= 0.3 is 0 Å². The highest BCUT2D eigenvalue weighted by atomic mass is 19.1. The van der Waals surface area contributed by atoms with E-state index >= 15 is 0 Å². The van der Waals surface area contributed by atoms with Gasteiger partial charge in [-0.2, -0.15) is 0 Å². The SMILES string of the molecule is C=Cc1c2c(c(OC(c3ccccc3)c3ccccc3)c3ncccc13)C(=O)N(Cc1ccc(F)cc1)C2=O. The third-order valence-electron chi connectivity index (χ3n) is 6.88. The van der Waals surface area contributed by atoms with Crippen LogP contribution in [0.2, 0.25) is 0 Å². The molecule has 0 radical (unpaired) electrons. The van der Waals surface area contributed by atoms with Crippen molar-refractivity contribution in [3.8, 4) is 5.75 Å². The van der Waals surface area contributed by atoms with E-state index in [1.165, 1.54) is 12.1 Å². The third kappa shape index (κ3) is 4.26. The van der Waals surface area contributed by atoms with Crippen molar-refractivity contribution in [2.45, 2.75) is 12.6 Å². The Kier molecular flexibility index (Phi) is 6.21. The first-order valence-electron chi connectivity index (χ1n) is 12.5. The van der Waals surface area contributed by atoms with Gasteiger partial charge in [0.1, 0.15) is 17.4 Å². The molecule has 2 amide bonds. The molecule has 0 N–H and O–H groups in total. The molecule has 6 heteroatoms. The van der Waals surface area contributed by atoms with Gasteiger partial charge in [-0.15, -0.1) is 0 Å². The number of carbonyl (C=O) groups excluding carboxylic acids is 2. The lowest BCUT2D eigenvalue weighted by Crippen LogP contribution is -2.29. The van der Waals surface area contributed by atoms with E-state index in [9.17, 15) is 14.0 Å². The van der Waals surface area contributed by atoms with Crippen LogP contribution in [-0.2, 0) is 6.54 Å². The fourth-order valence-corrected chi connectivity index (χ4v) is 5.04. The molecular formula is C33H23FN2O3. The van der Waals surface area contributed by atoms with Gasteiger partial charge in [-0.3, -0.25) is 19.5 Å².